The largest absolute Gasteiger partial charge is 0.468 e. The lowest BCUT2D eigenvalue weighted by Gasteiger charge is -2.20. The van der Waals surface area contributed by atoms with Crippen LogP contribution in [0.15, 0.2) is 40.4 Å². The van der Waals surface area contributed by atoms with E-state index in [-0.39, 0.29) is 5.54 Å². The molecule has 0 aromatic carbocycles. The molecule has 2 aromatic rings. The van der Waals surface area contributed by atoms with Crippen molar-refractivity contribution >= 4 is 11.8 Å². The molecule has 0 saturated carbocycles. The van der Waals surface area contributed by atoms with E-state index in [0.717, 1.165) is 28.8 Å². The summed E-state index contributed by atoms with van der Waals surface area (Å²) >= 11 is 1.57. The summed E-state index contributed by atoms with van der Waals surface area (Å²) in [7, 11) is 0. The molecule has 2 aromatic heterocycles. The molecule has 0 atom stereocenters. The van der Waals surface area contributed by atoms with Crippen LogP contribution in [-0.2, 0) is 12.3 Å². The molecule has 0 fully saturated rings. The molecule has 0 bridgehead atoms. The maximum Gasteiger partial charge on any atom is 0.187 e. The summed E-state index contributed by atoms with van der Waals surface area (Å²) in [4.78, 5) is 8.70. The van der Waals surface area contributed by atoms with Crippen molar-refractivity contribution < 1.29 is 4.42 Å². The van der Waals surface area contributed by atoms with Gasteiger partial charge in [-0.25, -0.2) is 9.97 Å². The van der Waals surface area contributed by atoms with E-state index in [1.54, 1.807) is 18.0 Å². The van der Waals surface area contributed by atoms with E-state index in [2.05, 4.69) is 36.1 Å². The number of furan rings is 1. The van der Waals surface area contributed by atoms with Crippen LogP contribution in [0.25, 0.3) is 0 Å². The van der Waals surface area contributed by atoms with Gasteiger partial charge in [-0.1, -0.05) is 11.8 Å². The van der Waals surface area contributed by atoms with Gasteiger partial charge in [-0.15, -0.1) is 0 Å². The fraction of sp³-hybridized carbons (Fsp3) is 0.429. The average Bonchev–Trinajstić information content (AvgIpc) is 2.87. The van der Waals surface area contributed by atoms with E-state index in [0.29, 0.717) is 0 Å². The number of nitrogens with zero attached hydrogens (tertiary/aromatic N) is 2. The van der Waals surface area contributed by atoms with E-state index in [1.165, 1.54) is 0 Å². The molecule has 0 unspecified atom stereocenters. The Balaban J connectivity index is 1.84. The molecule has 0 saturated heterocycles. The third kappa shape index (κ3) is 5.04. The quantitative estimate of drug-likeness (QED) is 0.671. The molecule has 0 amide bonds. The van der Waals surface area contributed by atoms with E-state index >= 15 is 0 Å². The first-order chi connectivity index (χ1) is 9.03. The van der Waals surface area contributed by atoms with Gasteiger partial charge in [0.1, 0.15) is 5.76 Å². The molecule has 1 N–H and O–H groups in total. The Kier molecular flexibility index (Phi) is 4.61. The van der Waals surface area contributed by atoms with E-state index < -0.39 is 0 Å². The van der Waals surface area contributed by atoms with Gasteiger partial charge >= 0.3 is 0 Å². The minimum absolute atomic E-state index is 0.104. The SMILES string of the molecule is CC(C)(C)NCc1cnc(SCc2ccco2)nc1. The minimum atomic E-state index is 0.104. The van der Waals surface area contributed by atoms with E-state index in [9.17, 15) is 0 Å². The molecular formula is C14H19N3OS. The van der Waals surface area contributed by atoms with Crippen LogP contribution in [0.5, 0.6) is 0 Å². The summed E-state index contributed by atoms with van der Waals surface area (Å²) in [6, 6.07) is 3.84. The number of thioether (sulfide) groups is 1. The van der Waals surface area contributed by atoms with Gasteiger partial charge in [0.25, 0.3) is 0 Å². The lowest BCUT2D eigenvalue weighted by molar-refractivity contribution is 0.423. The monoisotopic (exact) mass is 277 g/mol. The molecule has 0 aliphatic rings. The molecule has 0 aliphatic heterocycles. The van der Waals surface area contributed by atoms with Gasteiger partial charge in [0.15, 0.2) is 5.16 Å². The third-order valence-corrected chi connectivity index (χ3v) is 3.33. The van der Waals surface area contributed by atoms with Crippen molar-refractivity contribution in [3.05, 3.63) is 42.1 Å². The van der Waals surface area contributed by atoms with E-state index in [1.807, 2.05) is 24.5 Å². The second kappa shape index (κ2) is 6.21. The standard InChI is InChI=1S/C14H19N3OS/c1-14(2,3)17-9-11-7-15-13(16-8-11)19-10-12-5-4-6-18-12/h4-8,17H,9-10H2,1-3H3. The van der Waals surface area contributed by atoms with Crippen molar-refractivity contribution in [3.63, 3.8) is 0 Å². The Labute approximate surface area is 118 Å². The highest BCUT2D eigenvalue weighted by Gasteiger charge is 2.08. The Morgan fingerprint density at radius 3 is 2.58 bits per heavy atom. The number of hydrogen-bond donors (Lipinski definition) is 1. The molecule has 19 heavy (non-hydrogen) atoms. The number of rotatable bonds is 5. The first kappa shape index (κ1) is 14.1. The van der Waals surface area contributed by atoms with Gasteiger partial charge in [0.05, 0.1) is 12.0 Å². The zero-order valence-electron chi connectivity index (χ0n) is 11.5. The predicted molar refractivity (Wildman–Crippen MR) is 76.9 cm³/mol. The van der Waals surface area contributed by atoms with Gasteiger partial charge in [-0.3, -0.25) is 0 Å². The topological polar surface area (TPSA) is 51.0 Å². The summed E-state index contributed by atoms with van der Waals surface area (Å²) in [6.07, 6.45) is 5.42. The Morgan fingerprint density at radius 1 is 1.26 bits per heavy atom. The summed E-state index contributed by atoms with van der Waals surface area (Å²) in [6.45, 7) is 7.21. The van der Waals surface area contributed by atoms with Crippen molar-refractivity contribution in [2.45, 2.75) is 43.8 Å². The Bertz CT molecular complexity index is 488. The van der Waals surface area contributed by atoms with Crippen molar-refractivity contribution in [1.29, 1.82) is 0 Å². The first-order valence-electron chi connectivity index (χ1n) is 6.24. The summed E-state index contributed by atoms with van der Waals surface area (Å²) in [5.74, 6) is 1.69. The lowest BCUT2D eigenvalue weighted by Crippen LogP contribution is -2.35. The molecule has 4 nitrogen and oxygen atoms in total. The van der Waals surface area contributed by atoms with Gasteiger partial charge in [0, 0.05) is 30.0 Å². The molecule has 102 valence electrons. The lowest BCUT2D eigenvalue weighted by atomic mass is 10.1. The highest BCUT2D eigenvalue weighted by Crippen LogP contribution is 2.18. The molecule has 0 spiro atoms. The van der Waals surface area contributed by atoms with Crippen LogP contribution in [0.3, 0.4) is 0 Å². The minimum Gasteiger partial charge on any atom is -0.468 e. The van der Waals surface area contributed by atoms with Crippen LogP contribution in [0.2, 0.25) is 0 Å². The zero-order valence-corrected chi connectivity index (χ0v) is 12.3. The number of nitrogens with one attached hydrogen (secondary N) is 1. The summed E-state index contributed by atoms with van der Waals surface area (Å²) < 4.78 is 5.27. The van der Waals surface area contributed by atoms with Crippen LogP contribution in [0, 0.1) is 0 Å². The number of aromatic nitrogens is 2. The van der Waals surface area contributed by atoms with Crippen LogP contribution < -0.4 is 5.32 Å². The summed E-state index contributed by atoms with van der Waals surface area (Å²) in [5, 5.41) is 4.18. The fourth-order valence-corrected chi connectivity index (χ4v) is 2.10. The Morgan fingerprint density at radius 2 is 2.00 bits per heavy atom. The van der Waals surface area contributed by atoms with Crippen LogP contribution in [0.1, 0.15) is 32.1 Å². The van der Waals surface area contributed by atoms with Crippen LogP contribution in [0.4, 0.5) is 0 Å². The first-order valence-corrected chi connectivity index (χ1v) is 7.23. The van der Waals surface area contributed by atoms with Gasteiger partial charge in [0.2, 0.25) is 0 Å². The maximum atomic E-state index is 5.27. The molecule has 2 heterocycles. The number of hydrogen-bond acceptors (Lipinski definition) is 5. The highest BCUT2D eigenvalue weighted by atomic mass is 32.2. The molecule has 0 aliphatic carbocycles. The normalized spacial score (nSPS) is 11.7. The molecular weight excluding hydrogens is 258 g/mol. The van der Waals surface area contributed by atoms with Crippen molar-refractivity contribution in [2.75, 3.05) is 0 Å². The molecule has 2 rings (SSSR count). The van der Waals surface area contributed by atoms with Crippen molar-refractivity contribution in [3.8, 4) is 0 Å². The fourth-order valence-electron chi connectivity index (χ4n) is 1.41. The van der Waals surface area contributed by atoms with Gasteiger partial charge in [-0.2, -0.15) is 0 Å². The maximum absolute atomic E-state index is 5.27. The third-order valence-electron chi connectivity index (χ3n) is 2.43. The van der Waals surface area contributed by atoms with Crippen molar-refractivity contribution in [1.82, 2.24) is 15.3 Å². The smallest absolute Gasteiger partial charge is 0.187 e. The van der Waals surface area contributed by atoms with E-state index in [4.69, 9.17) is 4.42 Å². The summed E-state index contributed by atoms with van der Waals surface area (Å²) in [5.41, 5.74) is 1.20. The second-order valence-electron chi connectivity index (χ2n) is 5.35. The van der Waals surface area contributed by atoms with Gasteiger partial charge in [-0.05, 0) is 32.9 Å². The Hall–Kier alpha value is -1.33. The predicted octanol–water partition coefficient (Wildman–Crippen LogP) is 3.25. The zero-order chi connectivity index (χ0) is 13.7. The van der Waals surface area contributed by atoms with Gasteiger partial charge < -0.3 is 9.73 Å². The average molecular weight is 277 g/mol. The molecule has 5 heteroatoms. The second-order valence-corrected chi connectivity index (χ2v) is 6.29. The van der Waals surface area contributed by atoms with Crippen LogP contribution in [-0.4, -0.2) is 15.5 Å². The highest BCUT2D eigenvalue weighted by molar-refractivity contribution is 7.98. The van der Waals surface area contributed by atoms with Crippen LogP contribution >= 0.6 is 11.8 Å². The van der Waals surface area contributed by atoms with Crippen molar-refractivity contribution in [2.24, 2.45) is 0 Å². The molecule has 0 radical (unpaired) electrons.